The van der Waals surface area contributed by atoms with Gasteiger partial charge >= 0.3 is 5.97 Å². The Morgan fingerprint density at radius 1 is 1.22 bits per heavy atom. The van der Waals surface area contributed by atoms with Gasteiger partial charge in [0.05, 0.1) is 11.7 Å². The molecule has 0 heterocycles. The first-order valence-corrected chi connectivity index (χ1v) is 8.69. The molecule has 2 fully saturated rings. The number of rotatable bonds is 1. The number of aryl methyl sites for hydroxylation is 1. The van der Waals surface area contributed by atoms with Crippen LogP contribution in [0.1, 0.15) is 66.4 Å². The van der Waals surface area contributed by atoms with Gasteiger partial charge < -0.3 is 15.3 Å². The molecule has 23 heavy (non-hydrogen) atoms. The Bertz CT molecular complexity index is 668. The Morgan fingerprint density at radius 3 is 2.74 bits per heavy atom. The molecular formula is C19H24O4. The van der Waals surface area contributed by atoms with Crippen molar-refractivity contribution < 1.29 is 20.1 Å². The number of carboxylic acid groups (broad SMARTS) is 1. The van der Waals surface area contributed by atoms with Crippen LogP contribution in [-0.4, -0.2) is 27.4 Å². The predicted molar refractivity (Wildman–Crippen MR) is 85.7 cm³/mol. The first-order valence-electron chi connectivity index (χ1n) is 8.69. The topological polar surface area (TPSA) is 77.8 Å². The number of benzene rings is 1. The molecule has 3 aliphatic carbocycles. The lowest BCUT2D eigenvalue weighted by Gasteiger charge is -2.50. The van der Waals surface area contributed by atoms with Crippen molar-refractivity contribution in [2.24, 2.45) is 17.3 Å². The molecule has 3 N–H and O–H groups in total. The molecule has 0 unspecified atom stereocenters. The number of fused-ring (bicyclic) bond motifs is 5. The van der Waals surface area contributed by atoms with E-state index in [1.165, 1.54) is 6.07 Å². The summed E-state index contributed by atoms with van der Waals surface area (Å²) in [5.41, 5.74) is 2.23. The molecule has 0 radical (unpaired) electrons. The summed E-state index contributed by atoms with van der Waals surface area (Å²) in [5.74, 6) is 0.309. The summed E-state index contributed by atoms with van der Waals surface area (Å²) in [6, 6.07) is 3.15. The van der Waals surface area contributed by atoms with Gasteiger partial charge in [-0.3, -0.25) is 0 Å². The maximum atomic E-state index is 11.7. The fraction of sp³-hybridized carbons (Fsp3) is 0.632. The molecule has 0 spiro atoms. The highest BCUT2D eigenvalue weighted by atomic mass is 16.4. The first kappa shape index (κ1) is 15.0. The lowest BCUT2D eigenvalue weighted by Crippen LogP contribution is -2.44. The maximum Gasteiger partial charge on any atom is 0.336 e. The van der Waals surface area contributed by atoms with Crippen molar-refractivity contribution in [1.29, 1.82) is 0 Å². The van der Waals surface area contributed by atoms with Crippen molar-refractivity contribution in [1.82, 2.24) is 0 Å². The van der Waals surface area contributed by atoms with Crippen molar-refractivity contribution >= 4 is 5.97 Å². The van der Waals surface area contributed by atoms with Crippen LogP contribution in [0.5, 0.6) is 5.75 Å². The number of carbonyl (C=O) groups is 1. The van der Waals surface area contributed by atoms with E-state index in [1.807, 2.05) is 0 Å². The molecule has 0 amide bonds. The van der Waals surface area contributed by atoms with E-state index >= 15 is 0 Å². The number of hydrogen-bond donors (Lipinski definition) is 3. The summed E-state index contributed by atoms with van der Waals surface area (Å²) in [7, 11) is 0. The van der Waals surface area contributed by atoms with Crippen molar-refractivity contribution in [3.63, 3.8) is 0 Å². The van der Waals surface area contributed by atoms with Gasteiger partial charge in [-0.2, -0.15) is 0 Å². The van der Waals surface area contributed by atoms with E-state index in [9.17, 15) is 20.1 Å². The molecule has 3 aliphatic rings. The summed E-state index contributed by atoms with van der Waals surface area (Å²) < 4.78 is 0. The van der Waals surface area contributed by atoms with Crippen LogP contribution in [0.3, 0.4) is 0 Å². The van der Waals surface area contributed by atoms with Gasteiger partial charge in [0, 0.05) is 0 Å². The average Bonchev–Trinajstić information content (AvgIpc) is 2.81. The Hall–Kier alpha value is -1.55. The zero-order chi connectivity index (χ0) is 16.4. The molecule has 4 rings (SSSR count). The van der Waals surface area contributed by atoms with E-state index in [0.29, 0.717) is 11.8 Å². The summed E-state index contributed by atoms with van der Waals surface area (Å²) in [5, 5.41) is 29.8. The molecule has 0 aliphatic heterocycles. The third-order valence-corrected chi connectivity index (χ3v) is 6.99. The van der Waals surface area contributed by atoms with Crippen LogP contribution in [0.2, 0.25) is 0 Å². The minimum absolute atomic E-state index is 0.00102. The fourth-order valence-corrected chi connectivity index (χ4v) is 5.86. The molecule has 2 saturated carbocycles. The molecule has 0 saturated heterocycles. The number of aliphatic hydroxyl groups is 1. The van der Waals surface area contributed by atoms with E-state index in [1.54, 1.807) is 6.07 Å². The second-order valence-electron chi connectivity index (χ2n) is 7.92. The summed E-state index contributed by atoms with van der Waals surface area (Å²) in [4.78, 5) is 11.7. The van der Waals surface area contributed by atoms with Gasteiger partial charge in [0.1, 0.15) is 5.75 Å². The van der Waals surface area contributed by atoms with Crippen LogP contribution in [0.15, 0.2) is 12.1 Å². The van der Waals surface area contributed by atoms with E-state index in [4.69, 9.17) is 0 Å². The van der Waals surface area contributed by atoms with Crippen molar-refractivity contribution in [3.8, 4) is 5.75 Å². The Kier molecular flexibility index (Phi) is 3.24. The van der Waals surface area contributed by atoms with Gasteiger partial charge in [0.25, 0.3) is 0 Å². The highest BCUT2D eigenvalue weighted by Gasteiger charge is 2.54. The summed E-state index contributed by atoms with van der Waals surface area (Å²) in [6.45, 7) is 2.22. The largest absolute Gasteiger partial charge is 0.508 e. The molecule has 1 aromatic carbocycles. The molecule has 1 aromatic rings. The van der Waals surface area contributed by atoms with E-state index in [0.717, 1.165) is 49.7 Å². The van der Waals surface area contributed by atoms with Gasteiger partial charge in [-0.15, -0.1) is 0 Å². The van der Waals surface area contributed by atoms with Gasteiger partial charge in [-0.05, 0) is 85.0 Å². The Balaban J connectivity index is 1.79. The SMILES string of the molecule is C[C@]12CC[C@@H]3c4c(cc(O)cc4C(=O)O)CC[C@H]3[C@@H]1CC[C@H]2O. The van der Waals surface area contributed by atoms with E-state index < -0.39 is 5.97 Å². The van der Waals surface area contributed by atoms with Crippen molar-refractivity contribution in [2.75, 3.05) is 0 Å². The third kappa shape index (κ3) is 2.04. The number of phenols is 1. The summed E-state index contributed by atoms with van der Waals surface area (Å²) in [6.07, 6.45) is 5.47. The number of aromatic carboxylic acids is 1. The monoisotopic (exact) mass is 316 g/mol. The van der Waals surface area contributed by atoms with Gasteiger partial charge in [0.15, 0.2) is 0 Å². The number of aliphatic hydroxyl groups excluding tert-OH is 1. The van der Waals surface area contributed by atoms with Gasteiger partial charge in [-0.1, -0.05) is 6.92 Å². The van der Waals surface area contributed by atoms with Crippen LogP contribution >= 0.6 is 0 Å². The lowest BCUT2D eigenvalue weighted by molar-refractivity contribution is -0.0228. The number of phenolic OH excluding ortho intramolecular Hbond substituents is 1. The van der Waals surface area contributed by atoms with E-state index in [2.05, 4.69) is 6.92 Å². The standard InChI is InChI=1S/C19H24O4/c1-19-7-6-13-12(15(19)4-5-16(19)21)3-2-10-8-11(20)9-14(17(10)13)18(22)23/h8-9,12-13,15-16,20-21H,2-7H2,1H3,(H,22,23)/t12-,13+,15+,16-,19+/m1/s1. The second kappa shape index (κ2) is 4.97. The van der Waals surface area contributed by atoms with Crippen LogP contribution in [0, 0.1) is 17.3 Å². The average molecular weight is 316 g/mol. The van der Waals surface area contributed by atoms with E-state index in [-0.39, 0.29) is 28.7 Å². The van der Waals surface area contributed by atoms with Crippen molar-refractivity contribution in [2.45, 2.75) is 57.5 Å². The predicted octanol–water partition coefficient (Wildman–Crippen LogP) is 3.31. The minimum atomic E-state index is -0.947. The first-order chi connectivity index (χ1) is 10.9. The number of carboxylic acids is 1. The smallest absolute Gasteiger partial charge is 0.336 e. The highest BCUT2D eigenvalue weighted by Crippen LogP contribution is 2.61. The zero-order valence-corrected chi connectivity index (χ0v) is 13.5. The quantitative estimate of drug-likeness (QED) is 0.743. The molecule has 124 valence electrons. The Labute approximate surface area is 136 Å². The molecule has 4 heteroatoms. The highest BCUT2D eigenvalue weighted by molar-refractivity contribution is 5.91. The molecule has 4 nitrogen and oxygen atoms in total. The molecule has 5 atom stereocenters. The minimum Gasteiger partial charge on any atom is -0.508 e. The third-order valence-electron chi connectivity index (χ3n) is 6.99. The van der Waals surface area contributed by atoms with Crippen LogP contribution in [0.25, 0.3) is 0 Å². The normalized spacial score (nSPS) is 38.5. The van der Waals surface area contributed by atoms with Crippen molar-refractivity contribution in [3.05, 3.63) is 28.8 Å². The fourth-order valence-electron chi connectivity index (χ4n) is 5.86. The zero-order valence-electron chi connectivity index (χ0n) is 13.5. The Morgan fingerprint density at radius 2 is 2.00 bits per heavy atom. The number of hydrogen-bond acceptors (Lipinski definition) is 3. The number of aromatic hydroxyl groups is 1. The van der Waals surface area contributed by atoms with Gasteiger partial charge in [0.2, 0.25) is 0 Å². The van der Waals surface area contributed by atoms with Gasteiger partial charge in [-0.25, -0.2) is 4.79 Å². The van der Waals surface area contributed by atoms with Crippen LogP contribution < -0.4 is 0 Å². The molecular weight excluding hydrogens is 292 g/mol. The molecule has 0 aromatic heterocycles. The van der Waals surface area contributed by atoms with Crippen LogP contribution in [-0.2, 0) is 6.42 Å². The second-order valence-corrected chi connectivity index (χ2v) is 7.92. The molecule has 0 bridgehead atoms. The summed E-state index contributed by atoms with van der Waals surface area (Å²) >= 11 is 0. The maximum absolute atomic E-state index is 11.7. The lowest BCUT2D eigenvalue weighted by atomic mass is 9.55. The van der Waals surface area contributed by atoms with Crippen LogP contribution in [0.4, 0.5) is 0 Å².